The van der Waals surface area contributed by atoms with Gasteiger partial charge in [-0.2, -0.15) is 0 Å². The zero-order valence-electron chi connectivity index (χ0n) is 33.7. The Bertz CT molecular complexity index is 1320. The fraction of sp³-hybridized carbons (Fsp3) is 0.732. The molecule has 1 fully saturated rings. The molecule has 1 aliphatic heterocycles. The minimum atomic E-state index is -0.733. The van der Waals surface area contributed by atoms with E-state index >= 15 is 0 Å². The first-order valence-corrected chi connectivity index (χ1v) is 19.0. The van der Waals surface area contributed by atoms with Crippen molar-refractivity contribution in [2.75, 3.05) is 41.5 Å². The zero-order valence-corrected chi connectivity index (χ0v) is 33.7. The van der Waals surface area contributed by atoms with Crippen LogP contribution in [0.1, 0.15) is 92.6 Å². The number of nitrogens with zero attached hydrogens (tertiary/aromatic N) is 2. The molecule has 0 saturated carbocycles. The highest BCUT2D eigenvalue weighted by atomic mass is 16.5. The van der Waals surface area contributed by atoms with Gasteiger partial charge in [-0.1, -0.05) is 85.2 Å². The molecule has 0 aromatic heterocycles. The number of Topliss-reactive ketones (excluding diaryl/α,β-unsaturated/α-hetero) is 2. The lowest BCUT2D eigenvalue weighted by Crippen LogP contribution is -2.54. The molecule has 1 aromatic carbocycles. The number of hydrogen-bond acceptors (Lipinski definition) is 9. The largest absolute Gasteiger partial charge is 0.469 e. The van der Waals surface area contributed by atoms with Crippen molar-refractivity contribution >= 4 is 29.4 Å². The average Bonchev–Trinajstić information content (AvgIpc) is 3.62. The number of rotatable bonds is 22. The van der Waals surface area contributed by atoms with Crippen LogP contribution in [0.25, 0.3) is 0 Å². The van der Waals surface area contributed by atoms with Gasteiger partial charge in [0.1, 0.15) is 11.6 Å². The van der Waals surface area contributed by atoms with E-state index in [0.717, 1.165) is 18.4 Å². The van der Waals surface area contributed by atoms with Gasteiger partial charge in [-0.05, 0) is 36.7 Å². The summed E-state index contributed by atoms with van der Waals surface area (Å²) in [6.45, 7) is 14.1. The van der Waals surface area contributed by atoms with E-state index in [1.807, 2.05) is 58.0 Å². The molecular weight excluding hydrogens is 662 g/mol. The second-order valence-electron chi connectivity index (χ2n) is 15.7. The molecule has 1 saturated heterocycles. The van der Waals surface area contributed by atoms with Crippen LogP contribution in [0.15, 0.2) is 30.3 Å². The quantitative estimate of drug-likeness (QED) is 0.161. The van der Waals surface area contributed by atoms with Crippen molar-refractivity contribution in [3.05, 3.63) is 35.9 Å². The van der Waals surface area contributed by atoms with Gasteiger partial charge in [0.15, 0.2) is 0 Å². The second kappa shape index (κ2) is 20.9. The number of carbonyl (C=O) groups is 5. The van der Waals surface area contributed by atoms with Crippen molar-refractivity contribution < 1.29 is 38.2 Å². The number of benzene rings is 1. The maximum absolute atomic E-state index is 14.2. The van der Waals surface area contributed by atoms with Gasteiger partial charge in [-0.3, -0.25) is 24.0 Å². The van der Waals surface area contributed by atoms with E-state index in [0.29, 0.717) is 19.4 Å². The lowest BCUT2D eigenvalue weighted by atomic mass is 9.79. The number of ketones is 2. The number of likely N-dealkylation sites (N-methyl/N-ethyl adjacent to an activating group) is 1. The molecule has 294 valence electrons. The zero-order chi connectivity index (χ0) is 39.3. The summed E-state index contributed by atoms with van der Waals surface area (Å²) in [5, 5.41) is 0. The van der Waals surface area contributed by atoms with Crippen molar-refractivity contribution in [3.8, 4) is 0 Å². The molecule has 0 bridgehead atoms. The third kappa shape index (κ3) is 11.7. The molecule has 1 heterocycles. The first kappa shape index (κ1) is 45.0. The van der Waals surface area contributed by atoms with Gasteiger partial charge in [-0.15, -0.1) is 0 Å². The van der Waals surface area contributed by atoms with E-state index in [9.17, 15) is 24.0 Å². The maximum atomic E-state index is 14.2. The van der Waals surface area contributed by atoms with Gasteiger partial charge >= 0.3 is 5.97 Å². The molecule has 8 unspecified atom stereocenters. The third-order valence-corrected chi connectivity index (χ3v) is 11.5. The van der Waals surface area contributed by atoms with Crippen LogP contribution in [0.5, 0.6) is 0 Å². The van der Waals surface area contributed by atoms with E-state index in [2.05, 4.69) is 0 Å². The van der Waals surface area contributed by atoms with E-state index in [4.69, 9.17) is 19.9 Å². The van der Waals surface area contributed by atoms with Crippen molar-refractivity contribution in [1.82, 2.24) is 9.80 Å². The van der Waals surface area contributed by atoms with E-state index in [1.54, 1.807) is 51.8 Å². The first-order chi connectivity index (χ1) is 24.5. The Morgan fingerprint density at radius 1 is 0.962 bits per heavy atom. The molecule has 8 atom stereocenters. The minimum absolute atomic E-state index is 0.00134. The van der Waals surface area contributed by atoms with E-state index in [1.165, 1.54) is 7.11 Å². The molecule has 2 N–H and O–H groups in total. The van der Waals surface area contributed by atoms with Crippen LogP contribution < -0.4 is 5.73 Å². The lowest BCUT2D eigenvalue weighted by Gasteiger charge is -2.41. The standard InChI is InChI=1S/C41H67N3O8/c1-12-27(4)37(43(8)39(48)31(26(2)3)23-35(46)41(6,7)25-42)34(50-9)24-36(47)44-20-16-19-32(44)38(51-10)28(5)33(45)22-30(40(49)52-11)21-29-17-14-13-15-18-29/h13-15,17-18,26-28,30-32,34,37-38H,12,16,19-25,42H2,1-11H3. The van der Waals surface area contributed by atoms with Crippen LogP contribution >= 0.6 is 0 Å². The summed E-state index contributed by atoms with van der Waals surface area (Å²) in [5.41, 5.74) is 6.08. The summed E-state index contributed by atoms with van der Waals surface area (Å²) < 4.78 is 17.0. The molecule has 0 spiro atoms. The predicted octanol–water partition coefficient (Wildman–Crippen LogP) is 5.11. The number of likely N-dealkylation sites (tertiary alicyclic amines) is 1. The minimum Gasteiger partial charge on any atom is -0.469 e. The Kier molecular flexibility index (Phi) is 18.1. The summed E-state index contributed by atoms with van der Waals surface area (Å²) in [6, 6.07) is 8.76. The van der Waals surface area contributed by atoms with Crippen molar-refractivity contribution in [2.45, 2.75) is 118 Å². The fourth-order valence-corrected chi connectivity index (χ4v) is 7.53. The van der Waals surface area contributed by atoms with Crippen LogP contribution in [0, 0.1) is 35.0 Å². The van der Waals surface area contributed by atoms with Gasteiger partial charge in [-0.25, -0.2) is 0 Å². The molecule has 2 rings (SSSR count). The predicted molar refractivity (Wildman–Crippen MR) is 202 cm³/mol. The second-order valence-corrected chi connectivity index (χ2v) is 15.7. The molecule has 0 aliphatic carbocycles. The molecule has 1 aliphatic rings. The summed E-state index contributed by atoms with van der Waals surface area (Å²) in [6.07, 6.45) is 1.48. The molecule has 2 amide bonds. The number of hydrogen-bond donors (Lipinski definition) is 1. The highest BCUT2D eigenvalue weighted by molar-refractivity contribution is 5.90. The number of esters is 1. The summed E-state index contributed by atoms with van der Waals surface area (Å²) >= 11 is 0. The lowest BCUT2D eigenvalue weighted by molar-refractivity contribution is -0.150. The van der Waals surface area contributed by atoms with Crippen LogP contribution in [0.3, 0.4) is 0 Å². The molecular formula is C41H67N3O8. The van der Waals surface area contributed by atoms with Crippen LogP contribution in [-0.4, -0.2) is 105 Å². The number of nitrogens with two attached hydrogens (primary N) is 1. The van der Waals surface area contributed by atoms with Crippen molar-refractivity contribution in [2.24, 2.45) is 40.7 Å². The number of carbonyl (C=O) groups excluding carboxylic acids is 5. The number of ether oxygens (including phenoxy) is 3. The summed E-state index contributed by atoms with van der Waals surface area (Å²) in [4.78, 5) is 71.4. The van der Waals surface area contributed by atoms with Gasteiger partial charge in [0.2, 0.25) is 11.8 Å². The average molecular weight is 730 g/mol. The van der Waals surface area contributed by atoms with Crippen LogP contribution in [0.2, 0.25) is 0 Å². The van der Waals surface area contributed by atoms with E-state index < -0.39 is 47.4 Å². The topological polar surface area (TPSA) is 146 Å². The Morgan fingerprint density at radius 3 is 2.12 bits per heavy atom. The van der Waals surface area contributed by atoms with Crippen LogP contribution in [0.4, 0.5) is 0 Å². The molecule has 11 nitrogen and oxygen atoms in total. The Labute approximate surface area is 312 Å². The van der Waals surface area contributed by atoms with Crippen LogP contribution in [-0.2, 0) is 44.6 Å². The Hall–Kier alpha value is -3.15. The van der Waals surface area contributed by atoms with Gasteiger partial charge in [0.25, 0.3) is 0 Å². The maximum Gasteiger partial charge on any atom is 0.309 e. The van der Waals surface area contributed by atoms with E-state index in [-0.39, 0.29) is 67.1 Å². The molecule has 1 aromatic rings. The van der Waals surface area contributed by atoms with Gasteiger partial charge < -0.3 is 29.7 Å². The number of amides is 2. The molecule has 52 heavy (non-hydrogen) atoms. The Balaban J connectivity index is 2.28. The highest BCUT2D eigenvalue weighted by Gasteiger charge is 2.43. The smallest absolute Gasteiger partial charge is 0.309 e. The normalized spacial score (nSPS) is 18.9. The van der Waals surface area contributed by atoms with Gasteiger partial charge in [0.05, 0.1) is 43.7 Å². The summed E-state index contributed by atoms with van der Waals surface area (Å²) in [5.74, 6) is -2.76. The van der Waals surface area contributed by atoms with Crippen molar-refractivity contribution in [3.63, 3.8) is 0 Å². The van der Waals surface area contributed by atoms with Crippen molar-refractivity contribution in [1.29, 1.82) is 0 Å². The Morgan fingerprint density at radius 2 is 1.60 bits per heavy atom. The fourth-order valence-electron chi connectivity index (χ4n) is 7.53. The number of methoxy groups -OCH3 is 3. The summed E-state index contributed by atoms with van der Waals surface area (Å²) in [7, 11) is 6.19. The molecule has 0 radical (unpaired) electrons. The highest BCUT2D eigenvalue weighted by Crippen LogP contribution is 2.32. The van der Waals surface area contributed by atoms with Gasteiger partial charge in [0, 0.05) is 64.4 Å². The first-order valence-electron chi connectivity index (χ1n) is 19.0. The SMILES string of the molecule is CCC(C)C(C(CC(=O)N1CCCC1C(OC)C(C)C(=O)CC(Cc1ccccc1)C(=O)OC)OC)N(C)C(=O)C(CC(=O)C(C)(C)CN)C(C)C. The monoisotopic (exact) mass is 729 g/mol. The third-order valence-electron chi connectivity index (χ3n) is 11.5. The molecule has 11 heteroatoms.